The van der Waals surface area contributed by atoms with Crippen LogP contribution in [-0.2, 0) is 11.8 Å². The van der Waals surface area contributed by atoms with Gasteiger partial charge in [0.1, 0.15) is 11.6 Å². The van der Waals surface area contributed by atoms with Crippen molar-refractivity contribution in [2.24, 2.45) is 11.8 Å². The number of aliphatic hydroxyl groups is 1. The highest BCUT2D eigenvalue weighted by molar-refractivity contribution is 5.40. The summed E-state index contributed by atoms with van der Waals surface area (Å²) in [5, 5.41) is 19.5. The number of rotatable bonds is 0. The van der Waals surface area contributed by atoms with E-state index in [1.807, 2.05) is 20.0 Å². The molecule has 0 fully saturated rings. The van der Waals surface area contributed by atoms with Crippen molar-refractivity contribution < 1.29 is 5.11 Å². The smallest absolute Gasteiger partial charge is 0.125 e. The van der Waals surface area contributed by atoms with Crippen molar-refractivity contribution in [3.05, 3.63) is 34.6 Å². The summed E-state index contributed by atoms with van der Waals surface area (Å²) < 4.78 is 0. The van der Waals surface area contributed by atoms with Gasteiger partial charge in [0.15, 0.2) is 0 Å². The van der Waals surface area contributed by atoms with Gasteiger partial charge < -0.3 is 5.11 Å². The summed E-state index contributed by atoms with van der Waals surface area (Å²) in [6.07, 6.45) is 4.47. The van der Waals surface area contributed by atoms with Crippen LogP contribution in [0.25, 0.3) is 0 Å². The molecule has 0 radical (unpaired) electrons. The molecule has 1 aromatic rings. The maximum atomic E-state index is 10.2. The minimum absolute atomic E-state index is 0.0202. The number of nitrogens with zero attached hydrogens (tertiary/aromatic N) is 3. The largest absolute Gasteiger partial charge is 0.511 e. The Balaban J connectivity index is 2.18. The topological polar surface area (TPSA) is 69.8 Å². The van der Waals surface area contributed by atoms with Gasteiger partial charge in [0, 0.05) is 17.5 Å². The van der Waals surface area contributed by atoms with Crippen LogP contribution < -0.4 is 0 Å². The number of aliphatic hydroxyl groups excluding tert-OH is 1. The van der Waals surface area contributed by atoms with Gasteiger partial charge in [0.2, 0.25) is 0 Å². The highest BCUT2D eigenvalue weighted by atomic mass is 16.3. The van der Waals surface area contributed by atoms with Crippen molar-refractivity contribution in [1.29, 1.82) is 5.26 Å². The molecule has 0 aliphatic heterocycles. The predicted octanol–water partition coefficient (Wildman–Crippen LogP) is 2.98. The average Bonchev–Trinajstić information content (AvgIpc) is 2.43. The second-order valence-corrected chi connectivity index (χ2v) is 6.29. The van der Waals surface area contributed by atoms with Gasteiger partial charge in [0.25, 0.3) is 0 Å². The molecule has 0 amide bonds. The highest BCUT2D eigenvalue weighted by Crippen LogP contribution is 2.52. The van der Waals surface area contributed by atoms with Gasteiger partial charge in [-0.2, -0.15) is 5.26 Å². The Morgan fingerprint density at radius 3 is 2.95 bits per heavy atom. The van der Waals surface area contributed by atoms with Crippen molar-refractivity contribution in [2.75, 3.05) is 0 Å². The summed E-state index contributed by atoms with van der Waals surface area (Å²) >= 11 is 0. The van der Waals surface area contributed by atoms with Gasteiger partial charge in [-0.1, -0.05) is 13.8 Å². The van der Waals surface area contributed by atoms with Crippen LogP contribution in [-0.4, -0.2) is 15.1 Å². The lowest BCUT2D eigenvalue weighted by Crippen LogP contribution is -2.45. The first-order chi connectivity index (χ1) is 9.47. The second-order valence-electron chi connectivity index (χ2n) is 6.29. The second kappa shape index (κ2) is 4.31. The Hall–Kier alpha value is -1.89. The van der Waals surface area contributed by atoms with Crippen LogP contribution in [0.5, 0.6) is 0 Å². The predicted molar refractivity (Wildman–Crippen MR) is 75.0 cm³/mol. The summed E-state index contributed by atoms with van der Waals surface area (Å²) in [6, 6.07) is 2.17. The van der Waals surface area contributed by atoms with Crippen LogP contribution in [0.3, 0.4) is 0 Å². The van der Waals surface area contributed by atoms with E-state index in [-0.39, 0.29) is 17.1 Å². The molecule has 104 valence electrons. The van der Waals surface area contributed by atoms with Crippen molar-refractivity contribution in [3.63, 3.8) is 0 Å². The molecular formula is C16H19N3O. The van der Waals surface area contributed by atoms with Crippen molar-refractivity contribution in [1.82, 2.24) is 9.97 Å². The minimum Gasteiger partial charge on any atom is -0.511 e. The number of hydrogen-bond donors (Lipinski definition) is 1. The Morgan fingerprint density at radius 2 is 2.25 bits per heavy atom. The zero-order valence-corrected chi connectivity index (χ0v) is 12.1. The molecular weight excluding hydrogens is 250 g/mol. The molecule has 3 atom stereocenters. The van der Waals surface area contributed by atoms with Gasteiger partial charge >= 0.3 is 0 Å². The monoisotopic (exact) mass is 269 g/mol. The summed E-state index contributed by atoms with van der Waals surface area (Å²) in [4.78, 5) is 8.97. The molecule has 0 saturated carbocycles. The molecule has 0 aromatic carbocycles. The van der Waals surface area contributed by atoms with E-state index >= 15 is 0 Å². The van der Waals surface area contributed by atoms with Gasteiger partial charge in [-0.05, 0) is 37.7 Å². The molecule has 20 heavy (non-hydrogen) atoms. The van der Waals surface area contributed by atoms with Gasteiger partial charge in [-0.25, -0.2) is 9.97 Å². The first-order valence-electron chi connectivity index (χ1n) is 7.12. The molecule has 1 N–H and O–H groups in total. The third kappa shape index (κ3) is 1.66. The maximum absolute atomic E-state index is 10.2. The molecule has 0 unspecified atom stereocenters. The average molecular weight is 269 g/mol. The van der Waals surface area contributed by atoms with E-state index in [9.17, 15) is 10.4 Å². The zero-order chi connectivity index (χ0) is 14.5. The van der Waals surface area contributed by atoms with Gasteiger partial charge in [-0.3, -0.25) is 0 Å². The molecule has 0 bridgehead atoms. The van der Waals surface area contributed by atoms with Crippen molar-refractivity contribution in [2.45, 2.75) is 45.4 Å². The Labute approximate surface area is 119 Å². The van der Waals surface area contributed by atoms with Crippen molar-refractivity contribution in [3.8, 4) is 6.07 Å². The van der Waals surface area contributed by atoms with E-state index in [0.717, 1.165) is 24.4 Å². The SMILES string of the molecule is Cc1ncc2c(n1)[C@@]1(C)CC(C#N)=C(O)[C@@H](C)[C@@H]1CC2. The number of fused-ring (bicyclic) bond motifs is 3. The maximum Gasteiger partial charge on any atom is 0.125 e. The van der Waals surface area contributed by atoms with Crippen LogP contribution in [0, 0.1) is 30.1 Å². The lowest BCUT2D eigenvalue weighted by molar-refractivity contribution is 0.135. The van der Waals surface area contributed by atoms with E-state index in [2.05, 4.69) is 23.0 Å². The van der Waals surface area contributed by atoms with Gasteiger partial charge in [0.05, 0.1) is 17.3 Å². The van der Waals surface area contributed by atoms with Crippen molar-refractivity contribution >= 4 is 0 Å². The fraction of sp³-hybridized carbons (Fsp3) is 0.562. The molecule has 2 aliphatic rings. The number of hydrogen-bond acceptors (Lipinski definition) is 4. The first-order valence-corrected chi connectivity index (χ1v) is 7.12. The molecule has 3 rings (SSSR count). The lowest BCUT2D eigenvalue weighted by Gasteiger charge is -2.47. The number of aromatic nitrogens is 2. The summed E-state index contributed by atoms with van der Waals surface area (Å²) in [5.41, 5.74) is 2.62. The zero-order valence-electron chi connectivity index (χ0n) is 12.1. The van der Waals surface area contributed by atoms with E-state index in [1.54, 1.807) is 0 Å². The normalized spacial score (nSPS) is 32.3. The van der Waals surface area contributed by atoms with Crippen LogP contribution in [0.1, 0.15) is 43.8 Å². The number of aryl methyl sites for hydroxylation is 2. The standard InChI is InChI=1S/C16H19N3O/c1-9-13-5-4-11-8-18-10(2)19-15(11)16(13,3)6-12(7-17)14(9)20/h8-9,13,20H,4-6H2,1-3H3/t9-,13-,16-/m0/s1. The Kier molecular flexibility index (Phi) is 2.82. The summed E-state index contributed by atoms with van der Waals surface area (Å²) in [5.74, 6) is 1.41. The fourth-order valence-corrected chi connectivity index (χ4v) is 4.01. The number of allylic oxidation sites excluding steroid dienone is 2. The molecule has 4 nitrogen and oxygen atoms in total. The van der Waals surface area contributed by atoms with Crippen LogP contribution in [0.2, 0.25) is 0 Å². The van der Waals surface area contributed by atoms with Crippen LogP contribution >= 0.6 is 0 Å². The number of nitriles is 1. The van der Waals surface area contributed by atoms with Gasteiger partial charge in [-0.15, -0.1) is 0 Å². The molecule has 1 heterocycles. The molecule has 4 heteroatoms. The molecule has 2 aliphatic carbocycles. The third-order valence-electron chi connectivity index (χ3n) is 5.09. The molecule has 0 saturated heterocycles. The van der Waals surface area contributed by atoms with Crippen LogP contribution in [0.15, 0.2) is 17.5 Å². The van der Waals surface area contributed by atoms with Crippen LogP contribution in [0.4, 0.5) is 0 Å². The summed E-state index contributed by atoms with van der Waals surface area (Å²) in [6.45, 7) is 6.11. The van der Waals surface area contributed by atoms with E-state index in [0.29, 0.717) is 17.9 Å². The Bertz CT molecular complexity index is 644. The molecule has 0 spiro atoms. The van der Waals surface area contributed by atoms with E-state index in [4.69, 9.17) is 0 Å². The minimum atomic E-state index is -0.169. The first kappa shape index (κ1) is 13.1. The van der Waals surface area contributed by atoms with E-state index < -0.39 is 0 Å². The quantitative estimate of drug-likeness (QED) is 0.786. The fourth-order valence-electron chi connectivity index (χ4n) is 4.01. The highest BCUT2D eigenvalue weighted by Gasteiger charge is 2.49. The van der Waals surface area contributed by atoms with E-state index in [1.165, 1.54) is 5.56 Å². The summed E-state index contributed by atoms with van der Waals surface area (Å²) in [7, 11) is 0. The Morgan fingerprint density at radius 1 is 1.50 bits per heavy atom. The lowest BCUT2D eigenvalue weighted by atomic mass is 9.57. The molecule has 1 aromatic heterocycles. The third-order valence-corrected chi connectivity index (χ3v) is 5.09.